The van der Waals surface area contributed by atoms with Crippen molar-refractivity contribution in [3.05, 3.63) is 62.5 Å². The third-order valence-corrected chi connectivity index (χ3v) is 4.90. The van der Waals surface area contributed by atoms with Crippen LogP contribution in [0.3, 0.4) is 0 Å². The van der Waals surface area contributed by atoms with E-state index in [1.165, 1.54) is 12.1 Å². The summed E-state index contributed by atoms with van der Waals surface area (Å²) < 4.78 is 19.8. The molecule has 19 heavy (non-hydrogen) atoms. The van der Waals surface area contributed by atoms with E-state index in [0.29, 0.717) is 11.3 Å². The van der Waals surface area contributed by atoms with Crippen molar-refractivity contribution in [2.75, 3.05) is 7.11 Å². The molecule has 0 saturated carbocycles. The average molecular weight is 391 g/mol. The highest BCUT2D eigenvalue weighted by Gasteiger charge is 2.19. The Bertz CT molecular complexity index is 601. The number of methoxy groups -OCH3 is 1. The molecule has 0 N–H and O–H groups in total. The van der Waals surface area contributed by atoms with Gasteiger partial charge >= 0.3 is 0 Å². The molecule has 0 aliphatic heterocycles. The Labute approximate surface area is 130 Å². The first-order chi connectivity index (χ1) is 9.04. The topological polar surface area (TPSA) is 9.23 Å². The van der Waals surface area contributed by atoms with Gasteiger partial charge in [-0.1, -0.05) is 18.2 Å². The largest absolute Gasteiger partial charge is 0.496 e. The van der Waals surface area contributed by atoms with Gasteiger partial charge in [0.15, 0.2) is 0 Å². The molecule has 0 bridgehead atoms. The fourth-order valence-corrected chi connectivity index (χ4v) is 3.14. The Morgan fingerprint density at radius 3 is 2.63 bits per heavy atom. The molecule has 0 aliphatic rings. The van der Waals surface area contributed by atoms with E-state index in [9.17, 15) is 4.39 Å². The number of halogens is 3. The number of hydrogen-bond donors (Lipinski definition) is 0. The Kier molecular flexibility index (Phi) is 4.68. The summed E-state index contributed by atoms with van der Waals surface area (Å²) in [5.41, 5.74) is 2.76. The minimum absolute atomic E-state index is 0.316. The zero-order valence-electron chi connectivity index (χ0n) is 10.6. The van der Waals surface area contributed by atoms with Crippen molar-refractivity contribution in [1.82, 2.24) is 0 Å². The maximum Gasteiger partial charge on any atom is 0.124 e. The summed E-state index contributed by atoms with van der Waals surface area (Å²) in [7, 11) is 1.56. The van der Waals surface area contributed by atoms with Gasteiger partial charge in [0.05, 0.1) is 12.5 Å². The molecule has 2 rings (SSSR count). The molecule has 0 amide bonds. The van der Waals surface area contributed by atoms with Gasteiger partial charge in [-0.3, -0.25) is 0 Å². The predicted octanol–water partition coefficient (Wildman–Crippen LogP) is 5.08. The van der Waals surface area contributed by atoms with E-state index >= 15 is 0 Å². The van der Waals surface area contributed by atoms with Crippen molar-refractivity contribution < 1.29 is 9.13 Å². The van der Waals surface area contributed by atoms with Gasteiger partial charge in [0, 0.05) is 9.13 Å². The predicted molar refractivity (Wildman–Crippen MR) is 84.5 cm³/mol. The molecular formula is C15H13ClFIO. The molecule has 1 atom stereocenters. The number of rotatable bonds is 3. The van der Waals surface area contributed by atoms with Crippen molar-refractivity contribution in [3.63, 3.8) is 0 Å². The van der Waals surface area contributed by atoms with Gasteiger partial charge in [-0.05, 0) is 58.8 Å². The second-order valence-electron chi connectivity index (χ2n) is 4.23. The number of aryl methyl sites for hydroxylation is 1. The van der Waals surface area contributed by atoms with Crippen LogP contribution in [0, 0.1) is 16.3 Å². The lowest BCUT2D eigenvalue weighted by molar-refractivity contribution is 0.409. The lowest BCUT2D eigenvalue weighted by Gasteiger charge is -2.16. The summed E-state index contributed by atoms with van der Waals surface area (Å²) in [6, 6.07) is 10.3. The molecular weight excluding hydrogens is 378 g/mol. The maximum atomic E-state index is 13.4. The summed E-state index contributed by atoms with van der Waals surface area (Å²) in [6.45, 7) is 2.03. The van der Waals surface area contributed by atoms with Crippen LogP contribution in [-0.2, 0) is 0 Å². The second-order valence-corrected chi connectivity index (χ2v) is 5.74. The molecule has 1 nitrogen and oxygen atoms in total. The minimum Gasteiger partial charge on any atom is -0.496 e. The second kappa shape index (κ2) is 6.09. The van der Waals surface area contributed by atoms with E-state index < -0.39 is 5.38 Å². The average Bonchev–Trinajstić information content (AvgIpc) is 2.41. The quantitative estimate of drug-likeness (QED) is 0.525. The molecule has 2 aromatic carbocycles. The van der Waals surface area contributed by atoms with E-state index in [1.807, 2.05) is 25.1 Å². The lowest BCUT2D eigenvalue weighted by atomic mass is 10.0. The van der Waals surface area contributed by atoms with E-state index in [2.05, 4.69) is 22.6 Å². The first kappa shape index (κ1) is 14.6. The summed E-state index contributed by atoms with van der Waals surface area (Å²) in [6.07, 6.45) is 0. The smallest absolute Gasteiger partial charge is 0.124 e. The molecule has 1 unspecified atom stereocenters. The van der Waals surface area contributed by atoms with Crippen LogP contribution in [0.1, 0.15) is 22.1 Å². The van der Waals surface area contributed by atoms with Crippen LogP contribution in [0.5, 0.6) is 5.75 Å². The van der Waals surface area contributed by atoms with E-state index in [1.54, 1.807) is 13.2 Å². The molecule has 0 aromatic heterocycles. The van der Waals surface area contributed by atoms with Crippen LogP contribution >= 0.6 is 34.2 Å². The number of alkyl halides is 1. The Morgan fingerprint density at radius 2 is 1.95 bits per heavy atom. The van der Waals surface area contributed by atoms with Gasteiger partial charge in [-0.15, -0.1) is 11.6 Å². The summed E-state index contributed by atoms with van der Waals surface area (Å²) in [5, 5.41) is -0.433. The highest BCUT2D eigenvalue weighted by atomic mass is 127. The molecule has 0 radical (unpaired) electrons. The Morgan fingerprint density at radius 1 is 1.21 bits per heavy atom. The fourth-order valence-electron chi connectivity index (χ4n) is 1.94. The third kappa shape index (κ3) is 3.03. The third-order valence-electron chi connectivity index (χ3n) is 2.96. The zero-order valence-corrected chi connectivity index (χ0v) is 13.5. The van der Waals surface area contributed by atoms with E-state index in [-0.39, 0.29) is 5.82 Å². The van der Waals surface area contributed by atoms with Crippen LogP contribution in [0.25, 0.3) is 0 Å². The van der Waals surface area contributed by atoms with Crippen molar-refractivity contribution in [1.29, 1.82) is 0 Å². The fraction of sp³-hybridized carbons (Fsp3) is 0.200. The van der Waals surface area contributed by atoms with Gasteiger partial charge in [-0.25, -0.2) is 4.39 Å². The van der Waals surface area contributed by atoms with Crippen LogP contribution in [0.4, 0.5) is 4.39 Å². The maximum absolute atomic E-state index is 13.4. The molecule has 0 aliphatic carbocycles. The van der Waals surface area contributed by atoms with Crippen molar-refractivity contribution in [2.45, 2.75) is 12.3 Å². The zero-order chi connectivity index (χ0) is 14.0. The van der Waals surface area contributed by atoms with Gasteiger partial charge < -0.3 is 4.74 Å². The lowest BCUT2D eigenvalue weighted by Crippen LogP contribution is -2.01. The van der Waals surface area contributed by atoms with Crippen molar-refractivity contribution >= 4 is 34.2 Å². The normalized spacial score (nSPS) is 12.3. The van der Waals surface area contributed by atoms with Crippen LogP contribution in [0.2, 0.25) is 0 Å². The Hall–Kier alpha value is -0.810. The van der Waals surface area contributed by atoms with Gasteiger partial charge in [-0.2, -0.15) is 0 Å². The van der Waals surface area contributed by atoms with Gasteiger partial charge in [0.1, 0.15) is 11.6 Å². The highest BCUT2D eigenvalue weighted by Crippen LogP contribution is 2.38. The molecule has 100 valence electrons. The van der Waals surface area contributed by atoms with E-state index in [4.69, 9.17) is 16.3 Å². The molecule has 0 saturated heterocycles. The standard InChI is InChI=1S/C15H13ClFIO/c1-9-4-3-5-11(15(9)18)14(16)12-8-10(17)6-7-13(12)19-2/h3-8,14H,1-2H3. The first-order valence-electron chi connectivity index (χ1n) is 5.77. The van der Waals surface area contributed by atoms with Crippen molar-refractivity contribution in [3.8, 4) is 5.75 Å². The van der Waals surface area contributed by atoms with Crippen LogP contribution < -0.4 is 4.74 Å². The highest BCUT2D eigenvalue weighted by molar-refractivity contribution is 14.1. The Balaban J connectivity index is 2.52. The number of benzene rings is 2. The van der Waals surface area contributed by atoms with E-state index in [0.717, 1.165) is 14.7 Å². The molecule has 0 heterocycles. The first-order valence-corrected chi connectivity index (χ1v) is 7.28. The molecule has 0 spiro atoms. The van der Waals surface area contributed by atoms with Gasteiger partial charge in [0.2, 0.25) is 0 Å². The van der Waals surface area contributed by atoms with Crippen LogP contribution in [0.15, 0.2) is 36.4 Å². The summed E-state index contributed by atoms with van der Waals surface area (Å²) in [4.78, 5) is 0. The molecule has 2 aromatic rings. The number of ether oxygens (including phenoxy) is 1. The van der Waals surface area contributed by atoms with Crippen molar-refractivity contribution in [2.24, 2.45) is 0 Å². The SMILES string of the molecule is COc1ccc(F)cc1C(Cl)c1cccc(C)c1I. The molecule has 0 fully saturated rings. The van der Waals surface area contributed by atoms with Gasteiger partial charge in [0.25, 0.3) is 0 Å². The number of hydrogen-bond acceptors (Lipinski definition) is 1. The van der Waals surface area contributed by atoms with Crippen LogP contribution in [-0.4, -0.2) is 7.11 Å². The monoisotopic (exact) mass is 390 g/mol. The summed E-state index contributed by atoms with van der Waals surface area (Å²) in [5.74, 6) is 0.280. The molecule has 4 heteroatoms. The summed E-state index contributed by atoms with van der Waals surface area (Å²) >= 11 is 8.77. The minimum atomic E-state index is -0.433.